The molecule has 0 radical (unpaired) electrons. The van der Waals surface area contributed by atoms with Gasteiger partial charge in [0.2, 0.25) is 5.78 Å². The van der Waals surface area contributed by atoms with E-state index in [0.717, 1.165) is 0 Å². The van der Waals surface area contributed by atoms with Crippen molar-refractivity contribution < 1.29 is 49.0 Å². The molecule has 90 valence electrons. The minimum atomic E-state index is -1.51. The quantitative estimate of drug-likeness (QED) is 0.360. The monoisotopic (exact) mass is 276 g/mol. The van der Waals surface area contributed by atoms with Crippen LogP contribution >= 0.6 is 11.6 Å². The van der Waals surface area contributed by atoms with E-state index in [1.807, 2.05) is 6.92 Å². The van der Waals surface area contributed by atoms with Gasteiger partial charge in [0, 0.05) is 5.56 Å². The van der Waals surface area contributed by atoms with E-state index in [9.17, 15) is 14.7 Å². The van der Waals surface area contributed by atoms with Crippen LogP contribution in [0.15, 0.2) is 35.4 Å². The van der Waals surface area contributed by atoms with Crippen LogP contribution in [-0.4, -0.2) is 18.4 Å². The summed E-state index contributed by atoms with van der Waals surface area (Å²) in [6.45, 7) is 2.37. The van der Waals surface area contributed by atoms with Gasteiger partial charge in [-0.2, -0.15) is 0 Å². The van der Waals surface area contributed by atoms with Crippen molar-refractivity contribution in [1.82, 2.24) is 0 Å². The second-order valence-corrected chi connectivity index (χ2v) is 3.51. The molecule has 0 unspecified atom stereocenters. The zero-order valence-electron chi connectivity index (χ0n) is 10.1. The smallest absolute Gasteiger partial charge is 0.545 e. The number of ether oxygens (including phenoxy) is 1. The first-order valence-electron chi connectivity index (χ1n) is 4.90. The summed E-state index contributed by atoms with van der Waals surface area (Å²) in [6, 6.07) is 6.25. The predicted octanol–water partition coefficient (Wildman–Crippen LogP) is -1.86. The maximum absolute atomic E-state index is 11.6. The molecule has 0 saturated carbocycles. The van der Waals surface area contributed by atoms with Gasteiger partial charge in [-0.25, -0.2) is 0 Å². The number of carbonyl (C=O) groups excluding carboxylic acids is 2. The first-order valence-corrected chi connectivity index (χ1v) is 5.28. The van der Waals surface area contributed by atoms with Gasteiger partial charge in [0.1, 0.15) is 5.75 Å². The van der Waals surface area contributed by atoms with Gasteiger partial charge in [-0.15, -0.1) is 0 Å². The zero-order valence-corrected chi connectivity index (χ0v) is 12.9. The summed E-state index contributed by atoms with van der Waals surface area (Å²) in [5.41, 5.74) is 0.288. The van der Waals surface area contributed by atoms with Crippen LogP contribution in [0.5, 0.6) is 5.75 Å². The average molecular weight is 277 g/mol. The Morgan fingerprint density at radius 1 is 1.33 bits per heavy atom. The first kappa shape index (κ1) is 17.2. The van der Waals surface area contributed by atoms with Gasteiger partial charge < -0.3 is 14.6 Å². The van der Waals surface area contributed by atoms with E-state index in [2.05, 4.69) is 0 Å². The number of halogens is 1. The standard InChI is InChI=1S/C12H11ClO4.Na/c1-2-17-9-5-3-8(4-6-9)12(16)10(13)7-11(14)15;/h3-7H,2H2,1H3,(H,14,15);/q;+1/p-1/b10-7-;. The van der Waals surface area contributed by atoms with Crippen molar-refractivity contribution in [2.45, 2.75) is 6.92 Å². The zero-order chi connectivity index (χ0) is 12.8. The van der Waals surface area contributed by atoms with E-state index >= 15 is 0 Å². The molecule has 4 nitrogen and oxygen atoms in total. The van der Waals surface area contributed by atoms with Crippen LogP contribution in [0.3, 0.4) is 0 Å². The molecule has 0 saturated heterocycles. The molecule has 18 heavy (non-hydrogen) atoms. The van der Waals surface area contributed by atoms with Gasteiger partial charge in [0.25, 0.3) is 0 Å². The van der Waals surface area contributed by atoms with Crippen molar-refractivity contribution >= 4 is 23.4 Å². The third-order valence-corrected chi connectivity index (χ3v) is 2.17. The molecule has 0 aliphatic heterocycles. The number of ketones is 1. The minimum absolute atomic E-state index is 0. The second kappa shape index (κ2) is 8.32. The Kier molecular flexibility index (Phi) is 7.95. The van der Waals surface area contributed by atoms with Gasteiger partial charge in [0.05, 0.1) is 17.6 Å². The molecule has 0 bridgehead atoms. The number of hydrogen-bond donors (Lipinski definition) is 0. The normalized spacial score (nSPS) is 10.4. The molecule has 0 aliphatic carbocycles. The van der Waals surface area contributed by atoms with Crippen LogP contribution in [0.2, 0.25) is 0 Å². The topological polar surface area (TPSA) is 66.4 Å². The summed E-state index contributed by atoms with van der Waals surface area (Å²) >= 11 is 5.52. The molecular weight excluding hydrogens is 267 g/mol. The van der Waals surface area contributed by atoms with Gasteiger partial charge in [0.15, 0.2) is 0 Å². The molecule has 0 spiro atoms. The number of allylic oxidation sites excluding steroid dienone is 1. The van der Waals surface area contributed by atoms with E-state index in [1.54, 1.807) is 12.1 Å². The molecule has 0 fully saturated rings. The van der Waals surface area contributed by atoms with Crippen molar-refractivity contribution in [2.75, 3.05) is 6.61 Å². The molecular formula is C12H10ClNaO4. The summed E-state index contributed by atoms with van der Waals surface area (Å²) in [4.78, 5) is 21.9. The van der Waals surface area contributed by atoms with Crippen molar-refractivity contribution in [2.24, 2.45) is 0 Å². The summed E-state index contributed by atoms with van der Waals surface area (Å²) in [7, 11) is 0. The van der Waals surface area contributed by atoms with E-state index in [4.69, 9.17) is 16.3 Å². The molecule has 0 heterocycles. The van der Waals surface area contributed by atoms with E-state index < -0.39 is 16.8 Å². The summed E-state index contributed by atoms with van der Waals surface area (Å²) in [5.74, 6) is -1.45. The largest absolute Gasteiger partial charge is 1.00 e. The third-order valence-electron chi connectivity index (χ3n) is 1.89. The van der Waals surface area contributed by atoms with Gasteiger partial charge in [-0.05, 0) is 37.3 Å². The Labute approximate surface area is 132 Å². The molecule has 0 aromatic heterocycles. The van der Waals surface area contributed by atoms with E-state index in [-0.39, 0.29) is 35.1 Å². The first-order chi connectivity index (χ1) is 8.04. The van der Waals surface area contributed by atoms with Crippen LogP contribution in [-0.2, 0) is 4.79 Å². The molecule has 1 aromatic rings. The predicted molar refractivity (Wildman–Crippen MR) is 60.9 cm³/mol. The van der Waals surface area contributed by atoms with Crippen molar-refractivity contribution in [3.63, 3.8) is 0 Å². The Balaban J connectivity index is 0.00000289. The average Bonchev–Trinajstić information content (AvgIpc) is 2.28. The molecule has 1 aromatic carbocycles. The van der Waals surface area contributed by atoms with Crippen LogP contribution in [0, 0.1) is 0 Å². The molecule has 0 atom stereocenters. The summed E-state index contributed by atoms with van der Waals surface area (Å²) in [6.07, 6.45) is 0.556. The molecule has 0 aliphatic rings. The second-order valence-electron chi connectivity index (χ2n) is 3.10. The SMILES string of the molecule is CCOc1ccc(C(=O)/C(Cl)=C/C(=O)[O-])cc1.[Na+]. The Morgan fingerprint density at radius 2 is 1.89 bits per heavy atom. The van der Waals surface area contributed by atoms with Crippen LogP contribution in [0.25, 0.3) is 0 Å². The Morgan fingerprint density at radius 3 is 2.33 bits per heavy atom. The number of carbonyl (C=O) groups is 2. The van der Waals surface area contributed by atoms with E-state index in [1.165, 1.54) is 12.1 Å². The van der Waals surface area contributed by atoms with Crippen LogP contribution in [0.1, 0.15) is 17.3 Å². The number of benzene rings is 1. The number of rotatable bonds is 5. The fourth-order valence-electron chi connectivity index (χ4n) is 1.18. The number of Topliss-reactive ketones (excluding diaryl/α,β-unsaturated/α-hetero) is 1. The van der Waals surface area contributed by atoms with Gasteiger partial charge in [-0.3, -0.25) is 4.79 Å². The number of aliphatic carboxylic acids is 1. The molecule has 1 rings (SSSR count). The molecule has 0 amide bonds. The summed E-state index contributed by atoms with van der Waals surface area (Å²) in [5, 5.41) is 9.85. The Bertz CT molecular complexity index is 454. The molecule has 0 N–H and O–H groups in total. The number of carboxylic acid groups (broad SMARTS) is 1. The fourth-order valence-corrected chi connectivity index (χ4v) is 1.37. The maximum Gasteiger partial charge on any atom is 1.00 e. The van der Waals surface area contributed by atoms with Crippen LogP contribution in [0.4, 0.5) is 0 Å². The third kappa shape index (κ3) is 5.23. The molecule has 6 heteroatoms. The Hall–Kier alpha value is -0.810. The number of carboxylic acids is 1. The van der Waals surface area contributed by atoms with Crippen molar-refractivity contribution in [1.29, 1.82) is 0 Å². The summed E-state index contributed by atoms with van der Waals surface area (Å²) < 4.78 is 5.20. The van der Waals surface area contributed by atoms with Gasteiger partial charge >= 0.3 is 29.6 Å². The van der Waals surface area contributed by atoms with Crippen molar-refractivity contribution in [3.8, 4) is 5.75 Å². The fraction of sp³-hybridized carbons (Fsp3) is 0.167. The number of hydrogen-bond acceptors (Lipinski definition) is 4. The van der Waals surface area contributed by atoms with Crippen molar-refractivity contribution in [3.05, 3.63) is 40.9 Å². The maximum atomic E-state index is 11.6. The minimum Gasteiger partial charge on any atom is -0.545 e. The van der Waals surface area contributed by atoms with E-state index in [0.29, 0.717) is 18.4 Å². The van der Waals surface area contributed by atoms with Gasteiger partial charge in [-0.1, -0.05) is 11.6 Å². The van der Waals surface area contributed by atoms with Crippen LogP contribution < -0.4 is 39.4 Å².